The topological polar surface area (TPSA) is 154 Å². The zero-order valence-electron chi connectivity index (χ0n) is 20.2. The molecule has 1 aliphatic rings. The molecule has 0 bridgehead atoms. The highest BCUT2D eigenvalue weighted by atomic mass is 16.5. The highest BCUT2D eigenvalue weighted by Gasteiger charge is 2.38. The standard InChI is InChI=1S/C24H35N3O7/c1-6-16-20(29)13(4)21(30)26-17(11-12(2)3)24(33)34-14(5)19(23(32)25-16)27-22(31)15-9-7-8-10-18(15)28/h7-10,12-14,16-17,19-20,28-29H,6,11H2,1-5H3,(H,25,32)(H,26,30)(H,27,31). The quantitative estimate of drug-likeness (QED) is 0.394. The van der Waals surface area contributed by atoms with Gasteiger partial charge in [0.1, 0.15) is 23.9 Å². The third-order valence-electron chi connectivity index (χ3n) is 5.90. The van der Waals surface area contributed by atoms with Crippen LogP contribution in [-0.4, -0.2) is 64.2 Å². The summed E-state index contributed by atoms with van der Waals surface area (Å²) in [5.74, 6) is -3.85. The van der Waals surface area contributed by atoms with E-state index in [0.717, 1.165) is 0 Å². The van der Waals surface area contributed by atoms with Gasteiger partial charge < -0.3 is 30.9 Å². The molecular weight excluding hydrogens is 442 g/mol. The highest BCUT2D eigenvalue weighted by Crippen LogP contribution is 2.18. The van der Waals surface area contributed by atoms with Crippen LogP contribution in [0.15, 0.2) is 24.3 Å². The minimum atomic E-state index is -1.32. The number of hydrogen-bond donors (Lipinski definition) is 5. The van der Waals surface area contributed by atoms with Gasteiger partial charge in [0.05, 0.1) is 23.6 Å². The maximum atomic E-state index is 13.2. The predicted molar refractivity (Wildman–Crippen MR) is 124 cm³/mol. The van der Waals surface area contributed by atoms with Gasteiger partial charge in [-0.25, -0.2) is 4.79 Å². The van der Waals surface area contributed by atoms with E-state index in [1.807, 2.05) is 13.8 Å². The molecule has 1 aliphatic heterocycles. The number of nitrogens with one attached hydrogen (secondary N) is 3. The Balaban J connectivity index is 2.41. The average molecular weight is 478 g/mol. The van der Waals surface area contributed by atoms with E-state index in [9.17, 15) is 29.4 Å². The Labute approximate surface area is 199 Å². The van der Waals surface area contributed by atoms with Crippen LogP contribution in [0.2, 0.25) is 0 Å². The molecule has 10 heteroatoms. The zero-order valence-corrected chi connectivity index (χ0v) is 20.2. The lowest BCUT2D eigenvalue weighted by Crippen LogP contribution is -2.60. The second-order valence-electron chi connectivity index (χ2n) is 9.10. The number of benzene rings is 1. The molecule has 5 N–H and O–H groups in total. The molecule has 1 heterocycles. The van der Waals surface area contributed by atoms with E-state index in [1.165, 1.54) is 26.0 Å². The largest absolute Gasteiger partial charge is 0.507 e. The van der Waals surface area contributed by atoms with Gasteiger partial charge in [0.15, 0.2) is 0 Å². The Bertz CT molecular complexity index is 904. The van der Waals surface area contributed by atoms with Crippen LogP contribution in [0.5, 0.6) is 5.75 Å². The van der Waals surface area contributed by atoms with Gasteiger partial charge in [0, 0.05) is 0 Å². The van der Waals surface area contributed by atoms with E-state index in [2.05, 4.69) is 16.0 Å². The van der Waals surface area contributed by atoms with Gasteiger partial charge in [-0.1, -0.05) is 39.8 Å². The van der Waals surface area contributed by atoms with Crippen LogP contribution >= 0.6 is 0 Å². The predicted octanol–water partition coefficient (Wildman–Crippen LogP) is 0.859. The molecule has 1 saturated heterocycles. The second-order valence-corrected chi connectivity index (χ2v) is 9.10. The van der Waals surface area contributed by atoms with E-state index in [4.69, 9.17) is 4.74 Å². The van der Waals surface area contributed by atoms with E-state index >= 15 is 0 Å². The third-order valence-corrected chi connectivity index (χ3v) is 5.90. The normalized spacial score (nSPS) is 28.7. The number of carbonyl (C=O) groups is 4. The fourth-order valence-electron chi connectivity index (χ4n) is 3.81. The Morgan fingerprint density at radius 1 is 1.12 bits per heavy atom. The molecule has 10 nitrogen and oxygen atoms in total. The third kappa shape index (κ3) is 6.69. The number of ether oxygens (including phenoxy) is 1. The maximum Gasteiger partial charge on any atom is 0.328 e. The average Bonchev–Trinajstić information content (AvgIpc) is 2.78. The number of phenolic OH excluding ortho intramolecular Hbond substituents is 1. The summed E-state index contributed by atoms with van der Waals surface area (Å²) in [5, 5.41) is 28.6. The fraction of sp³-hybridized carbons (Fsp3) is 0.583. The number of aromatic hydroxyl groups is 1. The molecule has 0 radical (unpaired) electrons. The van der Waals surface area contributed by atoms with Gasteiger partial charge in [-0.3, -0.25) is 14.4 Å². The van der Waals surface area contributed by atoms with Crippen molar-refractivity contribution < 1.29 is 34.1 Å². The lowest BCUT2D eigenvalue weighted by molar-refractivity contribution is -0.156. The van der Waals surface area contributed by atoms with Crippen molar-refractivity contribution >= 4 is 23.7 Å². The first kappa shape index (κ1) is 27.1. The lowest BCUT2D eigenvalue weighted by atomic mass is 9.93. The number of aliphatic hydroxyl groups is 1. The van der Waals surface area contributed by atoms with E-state index in [1.54, 1.807) is 19.1 Å². The SMILES string of the molecule is CCC1NC(=O)C(NC(=O)c2ccccc2O)C(C)OC(=O)C(CC(C)C)NC(=O)C(C)C1O. The minimum absolute atomic E-state index is 0.0459. The Hall–Kier alpha value is -3.14. The van der Waals surface area contributed by atoms with Gasteiger partial charge in [0.25, 0.3) is 5.91 Å². The molecule has 2 rings (SSSR count). The van der Waals surface area contributed by atoms with Crippen LogP contribution in [0, 0.1) is 11.8 Å². The molecule has 1 aromatic rings. The summed E-state index contributed by atoms with van der Waals surface area (Å²) in [6.45, 7) is 8.47. The maximum absolute atomic E-state index is 13.2. The Kier molecular flexibility index (Phi) is 9.43. The number of carbonyl (C=O) groups excluding carboxylic acids is 4. The first-order chi connectivity index (χ1) is 16.0. The lowest BCUT2D eigenvalue weighted by Gasteiger charge is -2.33. The molecule has 1 aromatic carbocycles. The molecule has 0 aromatic heterocycles. The van der Waals surface area contributed by atoms with Crippen LogP contribution in [0.3, 0.4) is 0 Å². The summed E-state index contributed by atoms with van der Waals surface area (Å²) in [5.41, 5.74) is -0.0504. The number of para-hydroxylation sites is 1. The molecule has 188 valence electrons. The molecule has 3 amide bonds. The van der Waals surface area contributed by atoms with Gasteiger partial charge in [0.2, 0.25) is 11.8 Å². The van der Waals surface area contributed by atoms with Crippen LogP contribution in [-0.2, 0) is 19.1 Å². The summed E-state index contributed by atoms with van der Waals surface area (Å²) in [4.78, 5) is 51.6. The Morgan fingerprint density at radius 3 is 2.35 bits per heavy atom. The molecule has 1 fully saturated rings. The number of hydrogen-bond acceptors (Lipinski definition) is 7. The fourth-order valence-corrected chi connectivity index (χ4v) is 3.81. The molecule has 0 saturated carbocycles. The van der Waals surface area contributed by atoms with Crippen molar-refractivity contribution in [3.63, 3.8) is 0 Å². The summed E-state index contributed by atoms with van der Waals surface area (Å²) >= 11 is 0. The highest BCUT2D eigenvalue weighted by molar-refractivity contribution is 6.00. The van der Waals surface area contributed by atoms with Crippen LogP contribution in [0.4, 0.5) is 0 Å². The molecule has 6 atom stereocenters. The van der Waals surface area contributed by atoms with Gasteiger partial charge in [-0.05, 0) is 37.8 Å². The summed E-state index contributed by atoms with van der Waals surface area (Å²) in [7, 11) is 0. The number of amides is 3. The van der Waals surface area contributed by atoms with Crippen molar-refractivity contribution in [3.05, 3.63) is 29.8 Å². The van der Waals surface area contributed by atoms with Crippen molar-refractivity contribution in [2.24, 2.45) is 11.8 Å². The summed E-state index contributed by atoms with van der Waals surface area (Å²) in [6, 6.07) is 2.75. The molecular formula is C24H35N3O7. The molecule has 34 heavy (non-hydrogen) atoms. The number of phenols is 1. The Morgan fingerprint density at radius 2 is 1.76 bits per heavy atom. The first-order valence-electron chi connectivity index (χ1n) is 11.5. The van der Waals surface area contributed by atoms with Crippen molar-refractivity contribution in [1.82, 2.24) is 16.0 Å². The molecule has 0 spiro atoms. The number of esters is 1. The summed E-state index contributed by atoms with van der Waals surface area (Å²) < 4.78 is 5.51. The van der Waals surface area contributed by atoms with Crippen molar-refractivity contribution in [3.8, 4) is 5.75 Å². The van der Waals surface area contributed by atoms with E-state index in [0.29, 0.717) is 12.8 Å². The molecule has 6 unspecified atom stereocenters. The number of cyclic esters (lactones) is 1. The minimum Gasteiger partial charge on any atom is -0.507 e. The van der Waals surface area contributed by atoms with E-state index < -0.39 is 59.9 Å². The summed E-state index contributed by atoms with van der Waals surface area (Å²) in [6.07, 6.45) is -1.73. The monoisotopic (exact) mass is 477 g/mol. The van der Waals surface area contributed by atoms with Gasteiger partial charge in [-0.15, -0.1) is 0 Å². The van der Waals surface area contributed by atoms with Crippen molar-refractivity contribution in [1.29, 1.82) is 0 Å². The van der Waals surface area contributed by atoms with Gasteiger partial charge in [-0.2, -0.15) is 0 Å². The zero-order chi connectivity index (χ0) is 25.6. The number of aliphatic hydroxyl groups excluding tert-OH is 1. The van der Waals surface area contributed by atoms with Crippen LogP contribution in [0.25, 0.3) is 0 Å². The van der Waals surface area contributed by atoms with Crippen molar-refractivity contribution in [2.75, 3.05) is 0 Å². The van der Waals surface area contributed by atoms with E-state index in [-0.39, 0.29) is 17.2 Å². The van der Waals surface area contributed by atoms with Crippen LogP contribution in [0.1, 0.15) is 57.8 Å². The smallest absolute Gasteiger partial charge is 0.328 e. The molecule has 0 aliphatic carbocycles. The van der Waals surface area contributed by atoms with Gasteiger partial charge >= 0.3 is 5.97 Å². The van der Waals surface area contributed by atoms with Crippen LogP contribution < -0.4 is 16.0 Å². The number of rotatable bonds is 5. The first-order valence-corrected chi connectivity index (χ1v) is 11.5. The second kappa shape index (κ2) is 11.8. The van der Waals surface area contributed by atoms with Crippen molar-refractivity contribution in [2.45, 2.75) is 77.8 Å².